The van der Waals surface area contributed by atoms with Crippen LogP contribution in [0.25, 0.3) is 11.3 Å². The number of guanidine groups is 1. The van der Waals surface area contributed by atoms with Gasteiger partial charge in [-0.05, 0) is 18.9 Å². The van der Waals surface area contributed by atoms with Gasteiger partial charge in [-0.15, -0.1) is 0 Å². The molecule has 1 saturated heterocycles. The van der Waals surface area contributed by atoms with Gasteiger partial charge in [0.1, 0.15) is 5.82 Å². The van der Waals surface area contributed by atoms with Crippen LogP contribution in [0.15, 0.2) is 47.6 Å². The Labute approximate surface area is 161 Å². The third kappa shape index (κ3) is 2.67. The number of aromatic amines is 1. The molecule has 0 amide bonds. The van der Waals surface area contributed by atoms with Gasteiger partial charge in [-0.1, -0.05) is 30.3 Å². The number of anilines is 1. The lowest BCUT2D eigenvalue weighted by Crippen LogP contribution is -2.44. The predicted molar refractivity (Wildman–Crippen MR) is 106 cm³/mol. The van der Waals surface area contributed by atoms with Gasteiger partial charge < -0.3 is 15.8 Å². The second kappa shape index (κ2) is 6.47. The number of nitrogens with two attached hydrogens (primary N) is 2. The van der Waals surface area contributed by atoms with Gasteiger partial charge in [0.15, 0.2) is 11.6 Å². The number of aromatic nitrogens is 4. The zero-order valence-corrected chi connectivity index (χ0v) is 15.3. The molecule has 0 radical (unpaired) electrons. The first-order valence-corrected chi connectivity index (χ1v) is 9.33. The lowest BCUT2D eigenvalue weighted by Gasteiger charge is -2.31. The summed E-state index contributed by atoms with van der Waals surface area (Å²) in [5.74, 6) is 1.03. The van der Waals surface area contributed by atoms with Crippen LogP contribution in [-0.2, 0) is 10.4 Å². The number of rotatable bonds is 3. The van der Waals surface area contributed by atoms with Gasteiger partial charge in [0.2, 0.25) is 0 Å². The maximum Gasteiger partial charge on any atom is 0.196 e. The van der Waals surface area contributed by atoms with Gasteiger partial charge in [0.25, 0.3) is 0 Å². The number of fused-ring (bicyclic) bond motifs is 1. The van der Waals surface area contributed by atoms with Crippen molar-refractivity contribution >= 4 is 11.8 Å². The summed E-state index contributed by atoms with van der Waals surface area (Å²) in [7, 11) is 0. The molecule has 6 N–H and O–H groups in total. The van der Waals surface area contributed by atoms with Crippen molar-refractivity contribution in [3.8, 4) is 11.3 Å². The summed E-state index contributed by atoms with van der Waals surface area (Å²) >= 11 is 0. The Bertz CT molecular complexity index is 1020. The summed E-state index contributed by atoms with van der Waals surface area (Å²) in [6.07, 6.45) is 3.55. The largest absolute Gasteiger partial charge is 0.381 e. The van der Waals surface area contributed by atoms with E-state index in [1.54, 1.807) is 6.20 Å². The van der Waals surface area contributed by atoms with Gasteiger partial charge in [0, 0.05) is 18.8 Å². The maximum absolute atomic E-state index is 6.76. The molecule has 0 aliphatic carbocycles. The van der Waals surface area contributed by atoms with Gasteiger partial charge in [-0.3, -0.25) is 10.8 Å². The van der Waals surface area contributed by atoms with Crippen molar-refractivity contribution in [3.63, 3.8) is 0 Å². The Morgan fingerprint density at radius 2 is 1.96 bits per heavy atom. The number of hydrogen-bond donors (Lipinski definition) is 4. The molecule has 1 aromatic carbocycles. The van der Waals surface area contributed by atoms with Crippen LogP contribution in [0.2, 0.25) is 0 Å². The standard InChI is InChI=1S/C19H22N8O/c20-18-23-17-14(11-22-27(17)13-6-8-28-9-7-13)19(21,24-18)16-10-15(25-26-16)12-4-2-1-3-5-12/h1-5,10-11,13H,6-9,21H2,(H,25,26)(H3,20,23,24). The molecule has 1 atom stereocenters. The Morgan fingerprint density at radius 1 is 1.18 bits per heavy atom. The van der Waals surface area contributed by atoms with Crippen LogP contribution in [0.5, 0.6) is 0 Å². The average molecular weight is 378 g/mol. The molecular weight excluding hydrogens is 356 g/mol. The highest BCUT2D eigenvalue weighted by atomic mass is 16.5. The monoisotopic (exact) mass is 378 g/mol. The van der Waals surface area contributed by atoms with Crippen molar-refractivity contribution in [3.05, 3.63) is 53.9 Å². The summed E-state index contributed by atoms with van der Waals surface area (Å²) in [4.78, 5) is 4.50. The zero-order valence-electron chi connectivity index (χ0n) is 15.3. The highest BCUT2D eigenvalue weighted by Gasteiger charge is 2.40. The summed E-state index contributed by atoms with van der Waals surface area (Å²) in [5.41, 5.74) is 14.9. The quantitative estimate of drug-likeness (QED) is 0.546. The molecule has 0 saturated carbocycles. The van der Waals surface area contributed by atoms with Crippen molar-refractivity contribution in [2.75, 3.05) is 18.5 Å². The van der Waals surface area contributed by atoms with E-state index in [0.717, 1.165) is 48.7 Å². The van der Waals surface area contributed by atoms with Crippen LogP contribution < -0.4 is 16.8 Å². The van der Waals surface area contributed by atoms with Crippen molar-refractivity contribution < 1.29 is 4.74 Å². The summed E-state index contributed by atoms with van der Waals surface area (Å²) in [6, 6.07) is 12.1. The van der Waals surface area contributed by atoms with E-state index in [1.807, 2.05) is 41.1 Å². The smallest absolute Gasteiger partial charge is 0.196 e. The van der Waals surface area contributed by atoms with E-state index in [2.05, 4.69) is 25.6 Å². The fraction of sp³-hybridized carbons (Fsp3) is 0.316. The lowest BCUT2D eigenvalue weighted by atomic mass is 9.97. The lowest BCUT2D eigenvalue weighted by molar-refractivity contribution is 0.0668. The molecule has 5 rings (SSSR count). The van der Waals surface area contributed by atoms with Crippen molar-refractivity contribution in [2.24, 2.45) is 16.5 Å². The molecular formula is C19H22N8O. The number of H-pyrrole nitrogens is 1. The SMILES string of the molecule is NC1=NC(N)(c2cc(-c3ccccc3)n[nH]2)c2cnn(C3CCOCC3)c2N1. The van der Waals surface area contributed by atoms with Crippen molar-refractivity contribution in [1.82, 2.24) is 20.0 Å². The average Bonchev–Trinajstić information content (AvgIpc) is 3.37. The third-order valence-electron chi connectivity index (χ3n) is 5.34. The van der Waals surface area contributed by atoms with E-state index >= 15 is 0 Å². The second-order valence-electron chi connectivity index (χ2n) is 7.12. The summed E-state index contributed by atoms with van der Waals surface area (Å²) in [5, 5.41) is 15.2. The molecule has 144 valence electrons. The van der Waals surface area contributed by atoms with Gasteiger partial charge >= 0.3 is 0 Å². The number of benzene rings is 1. The van der Waals surface area contributed by atoms with Gasteiger partial charge in [0.05, 0.1) is 29.2 Å². The minimum absolute atomic E-state index is 0.238. The number of hydrogen-bond acceptors (Lipinski definition) is 7. The first kappa shape index (κ1) is 17.0. The number of aliphatic imine (C=N–C) groups is 1. The molecule has 0 spiro atoms. The van der Waals surface area contributed by atoms with Crippen molar-refractivity contribution in [2.45, 2.75) is 24.5 Å². The molecule has 2 aromatic heterocycles. The van der Waals surface area contributed by atoms with Crippen LogP contribution in [0.1, 0.15) is 30.1 Å². The van der Waals surface area contributed by atoms with E-state index < -0.39 is 5.66 Å². The predicted octanol–water partition coefficient (Wildman–Crippen LogP) is 1.52. The van der Waals surface area contributed by atoms with E-state index in [9.17, 15) is 0 Å². The highest BCUT2D eigenvalue weighted by molar-refractivity contribution is 5.95. The molecule has 3 aromatic rings. The Balaban J connectivity index is 1.56. The molecule has 1 fully saturated rings. The molecule has 2 aliphatic heterocycles. The minimum atomic E-state index is -1.19. The van der Waals surface area contributed by atoms with E-state index in [-0.39, 0.29) is 12.0 Å². The van der Waals surface area contributed by atoms with Crippen LogP contribution in [0.3, 0.4) is 0 Å². The summed E-state index contributed by atoms with van der Waals surface area (Å²) < 4.78 is 7.42. The molecule has 28 heavy (non-hydrogen) atoms. The number of nitrogens with one attached hydrogen (secondary N) is 2. The second-order valence-corrected chi connectivity index (χ2v) is 7.12. The zero-order chi connectivity index (χ0) is 19.1. The fourth-order valence-corrected chi connectivity index (χ4v) is 3.85. The molecule has 1 unspecified atom stereocenters. The molecule has 4 heterocycles. The normalized spacial score (nSPS) is 22.4. The molecule has 9 heteroatoms. The van der Waals surface area contributed by atoms with E-state index in [4.69, 9.17) is 16.2 Å². The van der Waals surface area contributed by atoms with Gasteiger partial charge in [-0.25, -0.2) is 9.67 Å². The third-order valence-corrected chi connectivity index (χ3v) is 5.34. The maximum atomic E-state index is 6.76. The van der Waals surface area contributed by atoms with Crippen LogP contribution in [0.4, 0.5) is 5.82 Å². The highest BCUT2D eigenvalue weighted by Crippen LogP contribution is 2.38. The molecule has 9 nitrogen and oxygen atoms in total. The van der Waals surface area contributed by atoms with Crippen LogP contribution in [0, 0.1) is 0 Å². The fourth-order valence-electron chi connectivity index (χ4n) is 3.85. The van der Waals surface area contributed by atoms with Crippen LogP contribution in [-0.4, -0.2) is 39.2 Å². The Hall–Kier alpha value is -3.17. The minimum Gasteiger partial charge on any atom is -0.381 e. The first-order chi connectivity index (χ1) is 13.6. The number of ether oxygens (including phenoxy) is 1. The molecule has 2 aliphatic rings. The Morgan fingerprint density at radius 3 is 2.75 bits per heavy atom. The van der Waals surface area contributed by atoms with E-state index in [1.165, 1.54) is 0 Å². The van der Waals surface area contributed by atoms with Crippen LogP contribution >= 0.6 is 0 Å². The first-order valence-electron chi connectivity index (χ1n) is 9.33. The topological polar surface area (TPSA) is 132 Å². The van der Waals surface area contributed by atoms with E-state index in [0.29, 0.717) is 5.69 Å². The Kier molecular flexibility index (Phi) is 3.92. The summed E-state index contributed by atoms with van der Waals surface area (Å²) in [6.45, 7) is 1.44. The molecule has 0 bridgehead atoms. The van der Waals surface area contributed by atoms with Crippen molar-refractivity contribution in [1.29, 1.82) is 0 Å². The number of nitrogens with zero attached hydrogens (tertiary/aromatic N) is 4. The van der Waals surface area contributed by atoms with Gasteiger partial charge in [-0.2, -0.15) is 10.2 Å².